The molecule has 0 aromatic heterocycles. The molecule has 116 valence electrons. The van der Waals surface area contributed by atoms with Crippen LogP contribution in [0.4, 0.5) is 0 Å². The molecular weight excluding hydrogens is 449 g/mol. The van der Waals surface area contributed by atoms with Crippen LogP contribution < -0.4 is 0 Å². The molecule has 0 saturated heterocycles. The Bertz CT molecular complexity index is 72.9. The monoisotopic (exact) mass is 494 g/mol. The van der Waals surface area contributed by atoms with Crippen molar-refractivity contribution < 1.29 is 0 Å². The molecule has 0 aliphatic carbocycles. The molecule has 0 rings (SSSR count). The topological polar surface area (TPSA) is 0 Å². The Morgan fingerprint density at radius 2 is 0.889 bits per heavy atom. The second kappa shape index (κ2) is 42.7. The standard InChI is InChI=1S/C10H23P.5CH4.2Sn/c1-4-7-9-11(6-3)10-8-5-2;;;;;;;/h4-10H2,1-3H3;5*1H4;;. The van der Waals surface area contributed by atoms with Gasteiger partial charge in [0.2, 0.25) is 0 Å². The maximum absolute atomic E-state index is 2.36. The van der Waals surface area contributed by atoms with Crippen LogP contribution in [0, 0.1) is 0 Å². The Labute approximate surface area is 157 Å². The molecule has 0 unspecified atom stereocenters. The van der Waals surface area contributed by atoms with Crippen molar-refractivity contribution in [3.05, 3.63) is 0 Å². The van der Waals surface area contributed by atoms with Crippen molar-refractivity contribution >= 4 is 55.7 Å². The van der Waals surface area contributed by atoms with Gasteiger partial charge in [0.25, 0.3) is 0 Å². The van der Waals surface area contributed by atoms with Crippen LogP contribution in [0.15, 0.2) is 0 Å². The van der Waals surface area contributed by atoms with Crippen LogP contribution in [0.1, 0.15) is 83.6 Å². The third-order valence-corrected chi connectivity index (χ3v) is 4.89. The predicted molar refractivity (Wildman–Crippen MR) is 102 cm³/mol. The summed E-state index contributed by atoms with van der Waals surface area (Å²) in [4.78, 5) is 0. The van der Waals surface area contributed by atoms with E-state index in [1.54, 1.807) is 0 Å². The van der Waals surface area contributed by atoms with Crippen molar-refractivity contribution in [1.29, 1.82) is 0 Å². The SMILES string of the molecule is C.C.C.C.C.CCCCP(CC)CCCC.[Sn].[Sn]. The average molecular weight is 492 g/mol. The second-order valence-electron chi connectivity index (χ2n) is 3.14. The van der Waals surface area contributed by atoms with Crippen LogP contribution >= 0.6 is 7.92 Å². The van der Waals surface area contributed by atoms with E-state index in [4.69, 9.17) is 0 Å². The largest absolute Gasteiger partial charge is 0.107 e. The van der Waals surface area contributed by atoms with Crippen molar-refractivity contribution in [2.24, 2.45) is 0 Å². The molecular formula is C15H43PSn2. The molecule has 8 radical (unpaired) electrons. The van der Waals surface area contributed by atoms with E-state index in [2.05, 4.69) is 20.8 Å². The predicted octanol–water partition coefficient (Wildman–Crippen LogP) is 6.51. The van der Waals surface area contributed by atoms with E-state index in [0.717, 1.165) is 0 Å². The van der Waals surface area contributed by atoms with Crippen molar-refractivity contribution in [3.8, 4) is 0 Å². The first-order chi connectivity index (χ1) is 5.35. The van der Waals surface area contributed by atoms with Gasteiger partial charge in [-0.05, 0) is 31.3 Å². The molecule has 3 heteroatoms. The molecule has 0 fully saturated rings. The molecule has 0 saturated carbocycles. The van der Waals surface area contributed by atoms with Crippen molar-refractivity contribution in [3.63, 3.8) is 0 Å². The minimum atomic E-state index is 0. The fourth-order valence-electron chi connectivity index (χ4n) is 1.19. The quantitative estimate of drug-likeness (QED) is 0.281. The third-order valence-electron chi connectivity index (χ3n) is 2.10. The molecule has 0 N–H and O–H groups in total. The second-order valence-corrected chi connectivity index (χ2v) is 6.01. The fourth-order valence-corrected chi connectivity index (χ4v) is 3.57. The van der Waals surface area contributed by atoms with Gasteiger partial charge in [0, 0.05) is 47.8 Å². The van der Waals surface area contributed by atoms with Crippen molar-refractivity contribution in [2.75, 3.05) is 18.5 Å². The first kappa shape index (κ1) is 50.1. The van der Waals surface area contributed by atoms with Gasteiger partial charge in [-0.2, -0.15) is 0 Å². The van der Waals surface area contributed by atoms with E-state index in [1.807, 2.05) is 0 Å². The van der Waals surface area contributed by atoms with E-state index >= 15 is 0 Å². The van der Waals surface area contributed by atoms with Gasteiger partial charge in [-0.25, -0.2) is 0 Å². The molecule has 0 bridgehead atoms. The summed E-state index contributed by atoms with van der Waals surface area (Å²) in [5, 5.41) is 0. The summed E-state index contributed by atoms with van der Waals surface area (Å²) in [6.45, 7) is 6.95. The zero-order chi connectivity index (χ0) is 8.53. The van der Waals surface area contributed by atoms with E-state index in [9.17, 15) is 0 Å². The Kier molecular flexibility index (Phi) is 119. The first-order valence-corrected chi connectivity index (χ1v) is 6.97. The van der Waals surface area contributed by atoms with Crippen molar-refractivity contribution in [1.82, 2.24) is 0 Å². The third kappa shape index (κ3) is 36.1. The summed E-state index contributed by atoms with van der Waals surface area (Å²) in [5.74, 6) is 0. The van der Waals surface area contributed by atoms with Crippen molar-refractivity contribution in [2.45, 2.75) is 83.6 Å². The summed E-state index contributed by atoms with van der Waals surface area (Å²) < 4.78 is 0. The number of unbranched alkanes of at least 4 members (excludes halogenated alkanes) is 2. The molecule has 0 heterocycles. The number of hydrogen-bond donors (Lipinski definition) is 0. The van der Waals surface area contributed by atoms with Crippen LogP contribution in [0.5, 0.6) is 0 Å². The van der Waals surface area contributed by atoms with Crippen LogP contribution in [-0.4, -0.2) is 66.3 Å². The van der Waals surface area contributed by atoms with E-state index in [1.165, 1.54) is 44.2 Å². The minimum Gasteiger partial charge on any atom is -0.107 e. The summed E-state index contributed by atoms with van der Waals surface area (Å²) in [6.07, 6.45) is 10.2. The molecule has 0 aliphatic heterocycles. The molecule has 0 atom stereocenters. The average Bonchev–Trinajstić information content (AvgIpc) is 2.05. The van der Waals surface area contributed by atoms with Gasteiger partial charge >= 0.3 is 0 Å². The minimum absolute atomic E-state index is 0. The summed E-state index contributed by atoms with van der Waals surface area (Å²) in [7, 11) is 0.430. The van der Waals surface area contributed by atoms with Gasteiger partial charge in [0.05, 0.1) is 0 Å². The maximum atomic E-state index is 2.36. The Morgan fingerprint density at radius 3 is 1.06 bits per heavy atom. The van der Waals surface area contributed by atoms with Crippen LogP contribution in [0.2, 0.25) is 0 Å². The Balaban J connectivity index is -0.0000000238. The summed E-state index contributed by atoms with van der Waals surface area (Å²) >= 11 is 0. The van der Waals surface area contributed by atoms with E-state index in [-0.39, 0.29) is 84.9 Å². The van der Waals surface area contributed by atoms with Gasteiger partial charge in [-0.1, -0.05) is 70.7 Å². The molecule has 18 heavy (non-hydrogen) atoms. The van der Waals surface area contributed by atoms with Gasteiger partial charge in [0.1, 0.15) is 0 Å². The zero-order valence-corrected chi connectivity index (χ0v) is 16.0. The van der Waals surface area contributed by atoms with Gasteiger partial charge in [-0.3, -0.25) is 0 Å². The van der Waals surface area contributed by atoms with Gasteiger partial charge in [0.15, 0.2) is 0 Å². The van der Waals surface area contributed by atoms with Gasteiger partial charge < -0.3 is 0 Å². The fraction of sp³-hybridized carbons (Fsp3) is 1.00. The Hall–Kier alpha value is 2.03. The summed E-state index contributed by atoms with van der Waals surface area (Å²) in [5.41, 5.74) is 0. The Morgan fingerprint density at radius 1 is 0.611 bits per heavy atom. The van der Waals surface area contributed by atoms with Crippen LogP contribution in [-0.2, 0) is 0 Å². The van der Waals surface area contributed by atoms with E-state index < -0.39 is 0 Å². The molecule has 0 nitrogen and oxygen atoms in total. The zero-order valence-electron chi connectivity index (χ0n) is 9.40. The molecule has 0 amide bonds. The maximum Gasteiger partial charge on any atom is 0 e. The normalized spacial score (nSPS) is 6.67. The molecule has 0 aromatic rings. The van der Waals surface area contributed by atoms with Crippen LogP contribution in [0.3, 0.4) is 0 Å². The summed E-state index contributed by atoms with van der Waals surface area (Å²) in [6, 6.07) is 0. The smallest absolute Gasteiger partial charge is 0 e. The number of rotatable bonds is 7. The van der Waals surface area contributed by atoms with Crippen LogP contribution in [0.25, 0.3) is 0 Å². The van der Waals surface area contributed by atoms with E-state index in [0.29, 0.717) is 7.92 Å². The first-order valence-electron chi connectivity index (χ1n) is 5.07. The molecule has 0 aromatic carbocycles. The molecule has 0 aliphatic rings. The molecule has 0 spiro atoms. The number of hydrogen-bond acceptors (Lipinski definition) is 0. The van der Waals surface area contributed by atoms with Gasteiger partial charge in [-0.15, -0.1) is 7.92 Å².